The number of aromatic nitrogens is 2. The fourth-order valence-electron chi connectivity index (χ4n) is 3.30. The van der Waals surface area contributed by atoms with Gasteiger partial charge in [-0.3, -0.25) is 4.79 Å². The molecule has 2 aromatic rings. The monoisotopic (exact) mass is 397 g/mol. The Morgan fingerprint density at radius 1 is 1.10 bits per heavy atom. The van der Waals surface area contributed by atoms with E-state index in [1.165, 1.54) is 12.8 Å². The number of carbonyl (C=O) groups excluding carboxylic acids is 1. The van der Waals surface area contributed by atoms with E-state index in [2.05, 4.69) is 22.0 Å². The highest BCUT2D eigenvalue weighted by molar-refractivity contribution is 5.94. The van der Waals surface area contributed by atoms with Crippen LogP contribution in [0.25, 0.3) is 0 Å². The number of anilines is 2. The fourth-order valence-corrected chi connectivity index (χ4v) is 3.30. The van der Waals surface area contributed by atoms with Crippen molar-refractivity contribution in [3.05, 3.63) is 42.1 Å². The Labute approximate surface area is 173 Å². The Morgan fingerprint density at radius 3 is 2.48 bits per heavy atom. The predicted molar refractivity (Wildman–Crippen MR) is 116 cm³/mol. The summed E-state index contributed by atoms with van der Waals surface area (Å²) in [5, 5.41) is 8.35. The average molecular weight is 398 g/mol. The van der Waals surface area contributed by atoms with Gasteiger partial charge in [0, 0.05) is 51.9 Å². The quantitative estimate of drug-likeness (QED) is 0.638. The maximum absolute atomic E-state index is 12.8. The zero-order valence-corrected chi connectivity index (χ0v) is 17.7. The van der Waals surface area contributed by atoms with Crippen molar-refractivity contribution in [1.29, 1.82) is 0 Å². The summed E-state index contributed by atoms with van der Waals surface area (Å²) in [6, 6.07) is 9.52. The van der Waals surface area contributed by atoms with Gasteiger partial charge in [0.2, 0.25) is 0 Å². The summed E-state index contributed by atoms with van der Waals surface area (Å²) in [7, 11) is 3.97. The zero-order valence-electron chi connectivity index (χ0n) is 17.7. The summed E-state index contributed by atoms with van der Waals surface area (Å²) in [5.74, 6) is 1.74. The van der Waals surface area contributed by atoms with E-state index >= 15 is 0 Å². The highest BCUT2D eigenvalue weighted by atomic mass is 16.5. The van der Waals surface area contributed by atoms with Gasteiger partial charge in [0.05, 0.1) is 18.5 Å². The molecule has 0 saturated carbocycles. The molecular formula is C22H31N5O2. The Bertz CT molecular complexity index is 786. The minimum absolute atomic E-state index is 0.0651. The lowest BCUT2D eigenvalue weighted by Gasteiger charge is -2.35. The summed E-state index contributed by atoms with van der Waals surface area (Å²) < 4.78 is 5.73. The second kappa shape index (κ2) is 10.1. The van der Waals surface area contributed by atoms with Crippen LogP contribution in [0.4, 0.5) is 11.5 Å². The molecule has 1 aliphatic rings. The minimum atomic E-state index is 0.0651. The summed E-state index contributed by atoms with van der Waals surface area (Å²) >= 11 is 0. The molecule has 7 heteroatoms. The summed E-state index contributed by atoms with van der Waals surface area (Å²) in [5.41, 5.74) is 1.72. The molecule has 29 heavy (non-hydrogen) atoms. The first-order chi connectivity index (χ1) is 14.1. The van der Waals surface area contributed by atoms with Crippen LogP contribution >= 0.6 is 0 Å². The summed E-state index contributed by atoms with van der Waals surface area (Å²) in [6.07, 6.45) is 5.16. The number of amides is 1. The molecule has 2 heterocycles. The van der Waals surface area contributed by atoms with Gasteiger partial charge in [-0.25, -0.2) is 0 Å². The third kappa shape index (κ3) is 5.59. The molecule has 1 saturated heterocycles. The molecule has 156 valence electrons. The minimum Gasteiger partial charge on any atom is -0.494 e. The standard InChI is InChI=1S/C22H31N5O2/c1-4-5-6-15-29-20-9-7-18(8-10-20)22(28)27-13-11-26(12-14-27)21-16-19(25(2)3)17-23-24-21/h7-10,16-17H,4-6,11-15H2,1-3H3. The first-order valence-corrected chi connectivity index (χ1v) is 10.4. The SMILES string of the molecule is CCCCCOc1ccc(C(=O)N2CCN(c3cc(N(C)C)cnn3)CC2)cc1. The molecule has 7 nitrogen and oxygen atoms in total. The van der Waals surface area contributed by atoms with Gasteiger partial charge in [0.15, 0.2) is 5.82 Å². The molecule has 1 aliphatic heterocycles. The van der Waals surface area contributed by atoms with E-state index in [0.29, 0.717) is 18.7 Å². The second-order valence-corrected chi connectivity index (χ2v) is 7.53. The van der Waals surface area contributed by atoms with Crippen LogP contribution in [0, 0.1) is 0 Å². The van der Waals surface area contributed by atoms with Gasteiger partial charge >= 0.3 is 0 Å². The average Bonchev–Trinajstić information content (AvgIpc) is 2.77. The van der Waals surface area contributed by atoms with Crippen LogP contribution in [0.1, 0.15) is 36.5 Å². The van der Waals surface area contributed by atoms with Gasteiger partial charge in [-0.05, 0) is 30.7 Å². The van der Waals surface area contributed by atoms with E-state index in [-0.39, 0.29) is 5.91 Å². The molecule has 0 radical (unpaired) electrons. The van der Waals surface area contributed by atoms with Crippen molar-refractivity contribution in [3.63, 3.8) is 0 Å². The van der Waals surface area contributed by atoms with Crippen LogP contribution in [0.5, 0.6) is 5.75 Å². The highest BCUT2D eigenvalue weighted by Gasteiger charge is 2.23. The van der Waals surface area contributed by atoms with E-state index in [1.54, 1.807) is 6.20 Å². The lowest BCUT2D eigenvalue weighted by atomic mass is 10.1. The van der Waals surface area contributed by atoms with E-state index in [9.17, 15) is 4.79 Å². The van der Waals surface area contributed by atoms with Crippen LogP contribution < -0.4 is 14.5 Å². The number of hydrogen-bond acceptors (Lipinski definition) is 6. The van der Waals surface area contributed by atoms with Gasteiger partial charge in [-0.2, -0.15) is 5.10 Å². The molecule has 0 N–H and O–H groups in total. The van der Waals surface area contributed by atoms with Crippen LogP contribution in [0.15, 0.2) is 36.5 Å². The lowest BCUT2D eigenvalue weighted by Crippen LogP contribution is -2.49. The first-order valence-electron chi connectivity index (χ1n) is 10.4. The van der Waals surface area contributed by atoms with E-state index < -0.39 is 0 Å². The molecule has 0 spiro atoms. The van der Waals surface area contributed by atoms with Crippen molar-refractivity contribution in [1.82, 2.24) is 15.1 Å². The number of hydrogen-bond donors (Lipinski definition) is 0. The summed E-state index contributed by atoms with van der Waals surface area (Å²) in [4.78, 5) is 18.9. The topological polar surface area (TPSA) is 61.8 Å². The molecule has 0 bridgehead atoms. The Kier molecular flexibility index (Phi) is 7.27. The zero-order chi connectivity index (χ0) is 20.6. The number of rotatable bonds is 8. The van der Waals surface area contributed by atoms with Crippen LogP contribution in [0.2, 0.25) is 0 Å². The number of unbranched alkanes of at least 4 members (excludes halogenated alkanes) is 2. The Morgan fingerprint density at radius 2 is 1.83 bits per heavy atom. The largest absolute Gasteiger partial charge is 0.494 e. The van der Waals surface area contributed by atoms with E-state index in [1.807, 2.05) is 54.2 Å². The maximum Gasteiger partial charge on any atom is 0.253 e. The second-order valence-electron chi connectivity index (χ2n) is 7.53. The molecule has 1 aromatic carbocycles. The molecule has 1 aromatic heterocycles. The molecule has 0 atom stereocenters. The lowest BCUT2D eigenvalue weighted by molar-refractivity contribution is 0.0746. The third-order valence-electron chi connectivity index (χ3n) is 5.15. The predicted octanol–water partition coefficient (Wildman–Crippen LogP) is 3.07. The molecule has 0 unspecified atom stereocenters. The molecule has 0 aliphatic carbocycles. The van der Waals surface area contributed by atoms with Crippen molar-refractivity contribution in [2.24, 2.45) is 0 Å². The van der Waals surface area contributed by atoms with Gasteiger partial charge in [0.25, 0.3) is 5.91 Å². The van der Waals surface area contributed by atoms with E-state index in [0.717, 1.165) is 43.4 Å². The van der Waals surface area contributed by atoms with Gasteiger partial charge in [-0.1, -0.05) is 19.8 Å². The smallest absolute Gasteiger partial charge is 0.253 e. The van der Waals surface area contributed by atoms with Gasteiger partial charge in [0.1, 0.15) is 5.75 Å². The normalized spacial score (nSPS) is 14.0. The van der Waals surface area contributed by atoms with Crippen molar-refractivity contribution >= 4 is 17.4 Å². The van der Waals surface area contributed by atoms with Gasteiger partial charge in [-0.15, -0.1) is 5.10 Å². The number of piperazine rings is 1. The molecule has 1 amide bonds. The van der Waals surface area contributed by atoms with Crippen molar-refractivity contribution < 1.29 is 9.53 Å². The number of ether oxygens (including phenoxy) is 1. The third-order valence-corrected chi connectivity index (χ3v) is 5.15. The van der Waals surface area contributed by atoms with Crippen molar-refractivity contribution in [2.45, 2.75) is 26.2 Å². The van der Waals surface area contributed by atoms with Crippen molar-refractivity contribution in [2.75, 3.05) is 56.7 Å². The highest BCUT2D eigenvalue weighted by Crippen LogP contribution is 2.20. The van der Waals surface area contributed by atoms with Crippen LogP contribution in [0.3, 0.4) is 0 Å². The molecule has 3 rings (SSSR count). The number of benzene rings is 1. The fraction of sp³-hybridized carbons (Fsp3) is 0.500. The Hall–Kier alpha value is -2.83. The van der Waals surface area contributed by atoms with Crippen LogP contribution in [-0.2, 0) is 0 Å². The van der Waals surface area contributed by atoms with E-state index in [4.69, 9.17) is 4.74 Å². The molecule has 1 fully saturated rings. The first kappa shape index (κ1) is 20.9. The van der Waals surface area contributed by atoms with Crippen molar-refractivity contribution in [3.8, 4) is 5.75 Å². The Balaban J connectivity index is 1.52. The summed E-state index contributed by atoms with van der Waals surface area (Å²) in [6.45, 7) is 5.73. The van der Waals surface area contributed by atoms with Gasteiger partial charge < -0.3 is 19.4 Å². The number of carbonyl (C=O) groups is 1. The maximum atomic E-state index is 12.8. The van der Waals surface area contributed by atoms with Crippen LogP contribution in [-0.4, -0.2) is 67.9 Å². The molecular weight excluding hydrogens is 366 g/mol. The number of nitrogens with zero attached hydrogens (tertiary/aromatic N) is 5.